The monoisotopic (exact) mass is 1240 g/mol. The smallest absolute Gasteiger partial charge is 0 e. The van der Waals surface area contributed by atoms with E-state index in [-0.39, 0.29) is 81.7 Å². The summed E-state index contributed by atoms with van der Waals surface area (Å²) >= 11 is 0. The fourth-order valence-corrected chi connectivity index (χ4v) is 0. The molecular weight excluding hydrogens is 1190 g/mol. The number of hydrogen-bond donors (Lipinski definition) is 0. The van der Waals surface area contributed by atoms with Gasteiger partial charge in [0.1, 0.15) is 0 Å². The van der Waals surface area contributed by atoms with Gasteiger partial charge < -0.3 is 81.7 Å². The Morgan fingerprint density at radius 3 is 0.111 bits per heavy atom. The van der Waals surface area contributed by atoms with E-state index < -0.39 is 0 Å². The zero-order chi connectivity index (χ0) is 32.0. The quantitative estimate of drug-likeness (QED) is 0.217. The van der Waals surface area contributed by atoms with Gasteiger partial charge in [-0.3, -0.25) is 0 Å². The SMILES string of the molecule is C[O-].C[O-].C[O-].C[O-].C[O-].C[O-].C[O-].C[O-].C[O-].C[O-].C[O-].C[O-].C[O-].C[O-].C[O-].C[O-].[Re].[Re].[Re].[Re]. The molecule has 16 nitrogen and oxygen atoms in total. The Hall–Kier alpha value is 2.01. The molecule has 0 fully saturated rings. The summed E-state index contributed by atoms with van der Waals surface area (Å²) in [5.41, 5.74) is 0. The predicted molar refractivity (Wildman–Crippen MR) is 94.8 cm³/mol. The Morgan fingerprint density at radius 2 is 0.111 bits per heavy atom. The molecule has 0 saturated carbocycles. The molecule has 0 aliphatic carbocycles. The van der Waals surface area contributed by atoms with Gasteiger partial charge in [-0.25, -0.2) is 0 Å². The first-order chi connectivity index (χ1) is 16.0. The molecule has 252 valence electrons. The van der Waals surface area contributed by atoms with E-state index in [2.05, 4.69) is 0 Å². The van der Waals surface area contributed by atoms with Crippen LogP contribution in [0.15, 0.2) is 0 Å². The molecule has 0 aromatic heterocycles. The molecule has 36 heavy (non-hydrogen) atoms. The summed E-state index contributed by atoms with van der Waals surface area (Å²) in [6, 6.07) is 0. The van der Waals surface area contributed by atoms with Crippen molar-refractivity contribution in [3.05, 3.63) is 0 Å². The Morgan fingerprint density at radius 1 is 0.111 bits per heavy atom. The summed E-state index contributed by atoms with van der Waals surface area (Å²) in [7, 11) is 12.0. The molecule has 20 heteroatoms. The van der Waals surface area contributed by atoms with Gasteiger partial charge in [0, 0.05) is 81.7 Å². The van der Waals surface area contributed by atoms with Gasteiger partial charge in [-0.2, -0.15) is 114 Å². The Balaban J connectivity index is -0.00000000418. The van der Waals surface area contributed by atoms with Crippen LogP contribution in [-0.4, -0.2) is 114 Å². The third-order valence-corrected chi connectivity index (χ3v) is 0. The standard InChI is InChI=1S/16CH3O.4Re/c16*1-2;;;;/h16*1H3;;;;/q16*-1;;;;. The molecule has 0 bridgehead atoms. The van der Waals surface area contributed by atoms with E-state index >= 15 is 0 Å². The normalized spacial score (nSPS) is 2.67. The first kappa shape index (κ1) is 161. The average Bonchev–Trinajstić information content (AvgIpc) is 3.05. The minimum Gasteiger partial charge on any atom is -0.857 e. The summed E-state index contributed by atoms with van der Waals surface area (Å²) in [5, 5.41) is 132. The summed E-state index contributed by atoms with van der Waals surface area (Å²) in [4.78, 5) is 0. The van der Waals surface area contributed by atoms with Gasteiger partial charge in [0.25, 0.3) is 0 Å². The topological polar surface area (TPSA) is 369 Å². The molecule has 0 unspecified atom stereocenters. The minimum atomic E-state index is 0. The fourth-order valence-electron chi connectivity index (χ4n) is 0. The Labute approximate surface area is 275 Å². The first-order valence-electron chi connectivity index (χ1n) is 6.53. The van der Waals surface area contributed by atoms with Crippen molar-refractivity contribution in [1.29, 1.82) is 0 Å². The van der Waals surface area contributed by atoms with E-state index in [1.807, 2.05) is 0 Å². The van der Waals surface area contributed by atoms with Crippen LogP contribution in [0.1, 0.15) is 0 Å². The first-order valence-corrected chi connectivity index (χ1v) is 6.53. The molecule has 0 atom stereocenters. The van der Waals surface area contributed by atoms with Crippen molar-refractivity contribution in [3.63, 3.8) is 0 Å². The third-order valence-electron chi connectivity index (χ3n) is 0. The van der Waals surface area contributed by atoms with Gasteiger partial charge in [0.2, 0.25) is 0 Å². The third kappa shape index (κ3) is 10900. The van der Waals surface area contributed by atoms with Crippen LogP contribution in [0.2, 0.25) is 0 Å². The van der Waals surface area contributed by atoms with Gasteiger partial charge in [0.05, 0.1) is 0 Å². The maximum absolute atomic E-state index is 8.25. The zero-order valence-corrected chi connectivity index (χ0v) is 34.9. The zero-order valence-electron chi connectivity index (χ0n) is 24.0. The molecule has 0 N–H and O–H groups in total. The second-order valence-electron chi connectivity index (χ2n) is 0. The van der Waals surface area contributed by atoms with E-state index in [4.69, 9.17) is 81.7 Å². The van der Waals surface area contributed by atoms with Gasteiger partial charge in [-0.15, -0.1) is 0 Å². The van der Waals surface area contributed by atoms with Crippen LogP contribution in [0.25, 0.3) is 0 Å². The Bertz CT molecular complexity index is 50.1. The maximum atomic E-state index is 8.25. The molecule has 4 radical (unpaired) electrons. The van der Waals surface area contributed by atoms with Crippen molar-refractivity contribution < 1.29 is 163 Å². The van der Waals surface area contributed by atoms with Gasteiger partial charge >= 0.3 is 0 Å². The molecule has 0 aliphatic rings. The number of rotatable bonds is 0. The molecule has 0 spiro atoms. The largest absolute Gasteiger partial charge is 0.857 e. The van der Waals surface area contributed by atoms with Crippen LogP contribution in [0.5, 0.6) is 0 Å². The number of hydrogen-bond acceptors (Lipinski definition) is 16. The van der Waals surface area contributed by atoms with Crippen molar-refractivity contribution in [1.82, 2.24) is 0 Å². The van der Waals surface area contributed by atoms with Crippen LogP contribution in [0.3, 0.4) is 0 Å². The average molecular weight is 1240 g/mol. The van der Waals surface area contributed by atoms with E-state index in [9.17, 15) is 0 Å². The van der Waals surface area contributed by atoms with Crippen LogP contribution in [0.4, 0.5) is 0 Å². The van der Waals surface area contributed by atoms with Gasteiger partial charge in [-0.1, -0.05) is 0 Å². The van der Waals surface area contributed by atoms with Crippen molar-refractivity contribution in [2.24, 2.45) is 0 Å². The van der Waals surface area contributed by atoms with E-state index in [0.29, 0.717) is 0 Å². The van der Waals surface area contributed by atoms with Crippen LogP contribution < -0.4 is 81.7 Å². The molecule has 0 aromatic rings. The fraction of sp³-hybridized carbons (Fsp3) is 1.00. The van der Waals surface area contributed by atoms with Gasteiger partial charge in [0.15, 0.2) is 0 Å². The van der Waals surface area contributed by atoms with E-state index in [1.165, 1.54) is 0 Å². The van der Waals surface area contributed by atoms with E-state index in [1.54, 1.807) is 0 Å². The van der Waals surface area contributed by atoms with Gasteiger partial charge in [-0.05, 0) is 0 Å². The van der Waals surface area contributed by atoms with Crippen LogP contribution >= 0.6 is 0 Å². The van der Waals surface area contributed by atoms with E-state index in [0.717, 1.165) is 114 Å². The Kier molecular flexibility index (Phi) is 53000. The summed E-state index contributed by atoms with van der Waals surface area (Å²) in [6.07, 6.45) is 0. The predicted octanol–water partition coefficient (Wildman–Crippen LogP) is -16.4. The molecule has 0 aliphatic heterocycles. The van der Waals surface area contributed by atoms with Crippen molar-refractivity contribution >= 4 is 0 Å². The van der Waals surface area contributed by atoms with Crippen molar-refractivity contribution in [2.75, 3.05) is 114 Å². The van der Waals surface area contributed by atoms with Crippen LogP contribution in [-0.2, 0) is 81.7 Å². The maximum Gasteiger partial charge on any atom is 0 e. The molecular formula is C16H48O16Re4-16. The summed E-state index contributed by atoms with van der Waals surface area (Å²) in [6.45, 7) is 0. The molecule has 0 rings (SSSR count). The van der Waals surface area contributed by atoms with Crippen molar-refractivity contribution in [2.45, 2.75) is 0 Å². The molecule has 0 heterocycles. The summed E-state index contributed by atoms with van der Waals surface area (Å²) < 4.78 is 0. The minimum absolute atomic E-state index is 0. The second kappa shape index (κ2) is 11900. The molecule has 0 saturated heterocycles. The van der Waals surface area contributed by atoms with Crippen molar-refractivity contribution in [3.8, 4) is 0 Å². The van der Waals surface area contributed by atoms with Crippen LogP contribution in [0, 0.1) is 0 Å². The second-order valence-corrected chi connectivity index (χ2v) is 0. The summed E-state index contributed by atoms with van der Waals surface area (Å²) in [5.74, 6) is 0. The molecule has 0 amide bonds. The molecule has 0 aromatic carbocycles.